The maximum atomic E-state index is 13.6. The maximum Gasteiger partial charge on any atom is 0.123 e. The van der Waals surface area contributed by atoms with Gasteiger partial charge in [0.1, 0.15) is 5.82 Å². The number of rotatable bonds is 1. The standard InChI is InChI=1S/C19H20FN/c1-21-10-9-17-15-7-2-3-8-16(15)18(12-19(17)21)13-5-4-6-14(20)11-13/h2-8,11,17-19H,9-10,12H2,1H3/t17-,18+,19+/m1/s1. The Hall–Kier alpha value is -1.67. The Labute approximate surface area is 125 Å². The van der Waals surface area contributed by atoms with Gasteiger partial charge in [0.25, 0.3) is 0 Å². The highest BCUT2D eigenvalue weighted by molar-refractivity contribution is 5.44. The van der Waals surface area contributed by atoms with Crippen LogP contribution in [0.3, 0.4) is 0 Å². The number of halogens is 1. The number of likely N-dealkylation sites (tertiary alicyclic amines) is 1. The zero-order chi connectivity index (χ0) is 14.4. The van der Waals surface area contributed by atoms with Gasteiger partial charge in [-0.3, -0.25) is 0 Å². The Morgan fingerprint density at radius 2 is 1.86 bits per heavy atom. The normalized spacial score (nSPS) is 28.2. The molecule has 108 valence electrons. The van der Waals surface area contributed by atoms with Crippen molar-refractivity contribution in [2.45, 2.75) is 30.7 Å². The van der Waals surface area contributed by atoms with Gasteiger partial charge >= 0.3 is 0 Å². The molecule has 2 aromatic rings. The number of benzene rings is 2. The van der Waals surface area contributed by atoms with Crippen molar-refractivity contribution in [2.24, 2.45) is 0 Å². The lowest BCUT2D eigenvalue weighted by molar-refractivity contribution is 0.265. The molecule has 1 nitrogen and oxygen atoms in total. The van der Waals surface area contributed by atoms with E-state index >= 15 is 0 Å². The monoisotopic (exact) mass is 281 g/mol. The third-order valence-electron chi connectivity index (χ3n) is 5.32. The van der Waals surface area contributed by atoms with Crippen LogP contribution in [0.4, 0.5) is 4.39 Å². The molecule has 0 aromatic heterocycles. The minimum Gasteiger partial charge on any atom is -0.303 e. The first-order valence-electron chi connectivity index (χ1n) is 7.78. The van der Waals surface area contributed by atoms with Crippen LogP contribution in [0.25, 0.3) is 0 Å². The number of likely N-dealkylation sites (N-methyl/N-ethyl adjacent to an activating group) is 1. The van der Waals surface area contributed by atoms with Crippen molar-refractivity contribution >= 4 is 0 Å². The molecule has 1 aliphatic carbocycles. The lowest BCUT2D eigenvalue weighted by Crippen LogP contribution is -2.34. The van der Waals surface area contributed by atoms with Gasteiger partial charge in [-0.25, -0.2) is 4.39 Å². The van der Waals surface area contributed by atoms with E-state index < -0.39 is 0 Å². The van der Waals surface area contributed by atoms with E-state index in [-0.39, 0.29) is 5.82 Å². The SMILES string of the molecule is CN1CC[C@@H]2c3ccccc3[C@H](c3cccc(F)c3)C[C@@H]21. The quantitative estimate of drug-likeness (QED) is 0.759. The lowest BCUT2D eigenvalue weighted by atomic mass is 9.71. The summed E-state index contributed by atoms with van der Waals surface area (Å²) in [4.78, 5) is 2.48. The largest absolute Gasteiger partial charge is 0.303 e. The molecule has 0 bridgehead atoms. The molecule has 1 saturated heterocycles. The van der Waals surface area contributed by atoms with Gasteiger partial charge in [-0.05, 0) is 55.3 Å². The molecule has 0 amide bonds. The predicted octanol–water partition coefficient (Wildman–Crippen LogP) is 4.15. The van der Waals surface area contributed by atoms with Gasteiger partial charge in [0, 0.05) is 17.9 Å². The third-order valence-corrected chi connectivity index (χ3v) is 5.32. The topological polar surface area (TPSA) is 3.24 Å². The minimum absolute atomic E-state index is 0.133. The summed E-state index contributed by atoms with van der Waals surface area (Å²) in [5.41, 5.74) is 3.99. The van der Waals surface area contributed by atoms with Crippen molar-refractivity contribution in [1.82, 2.24) is 4.90 Å². The minimum atomic E-state index is -0.133. The molecule has 0 spiro atoms. The first kappa shape index (κ1) is 13.0. The highest BCUT2D eigenvalue weighted by Crippen LogP contribution is 2.47. The molecule has 0 unspecified atom stereocenters. The van der Waals surface area contributed by atoms with Gasteiger partial charge in [-0.15, -0.1) is 0 Å². The van der Waals surface area contributed by atoms with Crippen LogP contribution in [0, 0.1) is 5.82 Å². The average Bonchev–Trinajstić information content (AvgIpc) is 2.88. The third kappa shape index (κ3) is 2.09. The van der Waals surface area contributed by atoms with Crippen LogP contribution >= 0.6 is 0 Å². The second-order valence-corrected chi connectivity index (χ2v) is 6.42. The van der Waals surface area contributed by atoms with Crippen LogP contribution < -0.4 is 0 Å². The summed E-state index contributed by atoms with van der Waals surface area (Å²) in [5, 5.41) is 0. The highest BCUT2D eigenvalue weighted by atomic mass is 19.1. The van der Waals surface area contributed by atoms with Gasteiger partial charge in [0.2, 0.25) is 0 Å². The predicted molar refractivity (Wildman–Crippen MR) is 83.1 cm³/mol. The maximum absolute atomic E-state index is 13.6. The molecular formula is C19H20FN. The van der Waals surface area contributed by atoms with Crippen molar-refractivity contribution in [2.75, 3.05) is 13.6 Å². The van der Waals surface area contributed by atoms with E-state index in [4.69, 9.17) is 0 Å². The van der Waals surface area contributed by atoms with Gasteiger partial charge in [0.15, 0.2) is 0 Å². The highest BCUT2D eigenvalue weighted by Gasteiger charge is 2.40. The Kier molecular flexibility index (Phi) is 3.07. The first-order chi connectivity index (χ1) is 10.2. The fraction of sp³-hybridized carbons (Fsp3) is 0.368. The molecule has 1 fully saturated rings. The molecule has 1 heterocycles. The van der Waals surface area contributed by atoms with Crippen LogP contribution in [0.1, 0.15) is 41.4 Å². The Morgan fingerprint density at radius 3 is 2.67 bits per heavy atom. The van der Waals surface area contributed by atoms with E-state index in [2.05, 4.69) is 42.3 Å². The number of hydrogen-bond acceptors (Lipinski definition) is 1. The van der Waals surface area contributed by atoms with Crippen LogP contribution in [0.5, 0.6) is 0 Å². The summed E-state index contributed by atoms with van der Waals surface area (Å²) in [6, 6.07) is 16.5. The van der Waals surface area contributed by atoms with Crippen molar-refractivity contribution in [1.29, 1.82) is 0 Å². The van der Waals surface area contributed by atoms with E-state index in [1.165, 1.54) is 30.2 Å². The molecule has 3 atom stereocenters. The van der Waals surface area contributed by atoms with Crippen LogP contribution in [-0.2, 0) is 0 Å². The Bertz CT molecular complexity index is 666. The van der Waals surface area contributed by atoms with E-state index in [0.717, 1.165) is 12.0 Å². The van der Waals surface area contributed by atoms with Crippen LogP contribution in [0.2, 0.25) is 0 Å². The lowest BCUT2D eigenvalue weighted by Gasteiger charge is -2.37. The van der Waals surface area contributed by atoms with Crippen molar-refractivity contribution in [3.8, 4) is 0 Å². The Balaban J connectivity index is 1.83. The van der Waals surface area contributed by atoms with Crippen molar-refractivity contribution in [3.05, 3.63) is 71.0 Å². The summed E-state index contributed by atoms with van der Waals surface area (Å²) >= 11 is 0. The molecule has 4 rings (SSSR count). The van der Waals surface area contributed by atoms with E-state index in [0.29, 0.717) is 17.9 Å². The van der Waals surface area contributed by atoms with Gasteiger partial charge in [-0.2, -0.15) is 0 Å². The average molecular weight is 281 g/mol. The number of nitrogens with zero attached hydrogens (tertiary/aromatic N) is 1. The Morgan fingerprint density at radius 1 is 1.05 bits per heavy atom. The molecule has 2 heteroatoms. The fourth-order valence-electron chi connectivity index (χ4n) is 4.29. The number of hydrogen-bond donors (Lipinski definition) is 0. The second-order valence-electron chi connectivity index (χ2n) is 6.42. The summed E-state index contributed by atoms with van der Waals surface area (Å²) in [7, 11) is 2.22. The molecule has 2 aliphatic rings. The second kappa shape index (κ2) is 4.96. The fourth-order valence-corrected chi connectivity index (χ4v) is 4.29. The van der Waals surface area contributed by atoms with Crippen molar-refractivity contribution in [3.63, 3.8) is 0 Å². The smallest absolute Gasteiger partial charge is 0.123 e. The molecule has 0 saturated carbocycles. The summed E-state index contributed by atoms with van der Waals surface area (Å²) in [5.74, 6) is 0.835. The van der Waals surface area contributed by atoms with E-state index in [9.17, 15) is 4.39 Å². The van der Waals surface area contributed by atoms with Gasteiger partial charge in [-0.1, -0.05) is 36.4 Å². The van der Waals surface area contributed by atoms with Crippen LogP contribution in [0.15, 0.2) is 48.5 Å². The van der Waals surface area contributed by atoms with Crippen molar-refractivity contribution < 1.29 is 4.39 Å². The number of fused-ring (bicyclic) bond motifs is 3. The molecule has 21 heavy (non-hydrogen) atoms. The van der Waals surface area contributed by atoms with Crippen LogP contribution in [-0.4, -0.2) is 24.5 Å². The molecule has 0 N–H and O–H groups in total. The molecule has 2 aromatic carbocycles. The molecule has 1 aliphatic heterocycles. The summed E-state index contributed by atoms with van der Waals surface area (Å²) in [6.07, 6.45) is 2.34. The van der Waals surface area contributed by atoms with E-state index in [1.807, 2.05) is 6.07 Å². The first-order valence-corrected chi connectivity index (χ1v) is 7.78. The molecule has 0 radical (unpaired) electrons. The zero-order valence-corrected chi connectivity index (χ0v) is 12.3. The summed E-state index contributed by atoms with van der Waals surface area (Å²) in [6.45, 7) is 1.17. The van der Waals surface area contributed by atoms with E-state index in [1.54, 1.807) is 6.07 Å². The summed E-state index contributed by atoms with van der Waals surface area (Å²) < 4.78 is 13.6. The zero-order valence-electron chi connectivity index (χ0n) is 12.3. The molecular weight excluding hydrogens is 261 g/mol. The van der Waals surface area contributed by atoms with Gasteiger partial charge in [0.05, 0.1) is 0 Å². The van der Waals surface area contributed by atoms with Gasteiger partial charge < -0.3 is 4.90 Å².